The Kier molecular flexibility index (Phi) is 3.62. The number of nitrogens with one attached hydrogen (secondary N) is 1. The number of rotatable bonds is 5. The highest BCUT2D eigenvalue weighted by Gasteiger charge is 2.43. The summed E-state index contributed by atoms with van der Waals surface area (Å²) in [4.78, 5) is 26.4. The molecule has 0 aromatic carbocycles. The summed E-state index contributed by atoms with van der Waals surface area (Å²) in [7, 11) is 0. The number of carboxylic acids is 2. The SMILES string of the molecule is O=C(O)C1=CC[C@@](NCc2ccccn2)(C(=O)O)C1. The van der Waals surface area contributed by atoms with E-state index in [1.54, 1.807) is 18.3 Å². The zero-order valence-electron chi connectivity index (χ0n) is 10.2. The van der Waals surface area contributed by atoms with E-state index in [2.05, 4.69) is 10.3 Å². The third-order valence-electron chi connectivity index (χ3n) is 3.21. The predicted molar refractivity (Wildman–Crippen MR) is 66.4 cm³/mol. The van der Waals surface area contributed by atoms with Crippen LogP contribution in [0.3, 0.4) is 0 Å². The Hall–Kier alpha value is -2.21. The molecule has 0 amide bonds. The van der Waals surface area contributed by atoms with Gasteiger partial charge in [-0.15, -0.1) is 0 Å². The summed E-state index contributed by atoms with van der Waals surface area (Å²) >= 11 is 0. The van der Waals surface area contributed by atoms with Gasteiger partial charge < -0.3 is 10.2 Å². The van der Waals surface area contributed by atoms with Crippen molar-refractivity contribution in [2.45, 2.75) is 24.9 Å². The molecule has 0 unspecified atom stereocenters. The second-order valence-corrected chi connectivity index (χ2v) is 4.48. The molecule has 1 aliphatic rings. The summed E-state index contributed by atoms with van der Waals surface area (Å²) in [5.41, 5.74) is -0.395. The summed E-state index contributed by atoms with van der Waals surface area (Å²) in [5, 5.41) is 21.2. The predicted octanol–water partition coefficient (Wildman–Crippen LogP) is 0.799. The molecule has 1 aromatic heterocycles. The molecule has 1 heterocycles. The van der Waals surface area contributed by atoms with Crippen molar-refractivity contribution in [2.75, 3.05) is 0 Å². The van der Waals surface area contributed by atoms with Crippen LogP contribution in [0.25, 0.3) is 0 Å². The van der Waals surface area contributed by atoms with Crippen molar-refractivity contribution >= 4 is 11.9 Å². The lowest BCUT2D eigenvalue weighted by molar-refractivity contribution is -0.144. The van der Waals surface area contributed by atoms with Crippen molar-refractivity contribution in [3.8, 4) is 0 Å². The molecule has 1 aliphatic carbocycles. The molecular formula is C13H14N2O4. The third kappa shape index (κ3) is 2.79. The second-order valence-electron chi connectivity index (χ2n) is 4.48. The van der Waals surface area contributed by atoms with E-state index < -0.39 is 17.5 Å². The first kappa shape index (κ1) is 13.2. The first-order valence-electron chi connectivity index (χ1n) is 5.84. The zero-order valence-corrected chi connectivity index (χ0v) is 10.2. The molecular weight excluding hydrogens is 248 g/mol. The summed E-state index contributed by atoms with van der Waals surface area (Å²) < 4.78 is 0. The normalized spacial score (nSPS) is 22.0. The van der Waals surface area contributed by atoms with Crippen LogP contribution in [-0.2, 0) is 16.1 Å². The molecule has 1 aromatic rings. The van der Waals surface area contributed by atoms with Gasteiger partial charge >= 0.3 is 11.9 Å². The minimum absolute atomic E-state index is 0.0233. The van der Waals surface area contributed by atoms with Crippen molar-refractivity contribution in [3.63, 3.8) is 0 Å². The molecule has 6 nitrogen and oxygen atoms in total. The van der Waals surface area contributed by atoms with Gasteiger partial charge in [0.15, 0.2) is 0 Å². The maximum Gasteiger partial charge on any atom is 0.331 e. The Bertz CT molecular complexity index is 527. The lowest BCUT2D eigenvalue weighted by Gasteiger charge is -2.25. The van der Waals surface area contributed by atoms with E-state index in [-0.39, 0.29) is 25.0 Å². The molecule has 0 saturated carbocycles. The van der Waals surface area contributed by atoms with E-state index in [4.69, 9.17) is 5.11 Å². The Morgan fingerprint density at radius 2 is 2.16 bits per heavy atom. The first-order valence-corrected chi connectivity index (χ1v) is 5.84. The number of nitrogens with zero attached hydrogens (tertiary/aromatic N) is 1. The van der Waals surface area contributed by atoms with E-state index >= 15 is 0 Å². The van der Waals surface area contributed by atoms with Gasteiger partial charge in [0.05, 0.1) is 5.69 Å². The zero-order chi connectivity index (χ0) is 13.9. The average Bonchev–Trinajstić information content (AvgIpc) is 2.84. The molecule has 1 atom stereocenters. The monoisotopic (exact) mass is 262 g/mol. The van der Waals surface area contributed by atoms with Gasteiger partial charge in [0, 0.05) is 24.7 Å². The first-order chi connectivity index (χ1) is 9.03. The molecule has 0 fully saturated rings. The maximum atomic E-state index is 11.4. The molecule has 6 heteroatoms. The number of hydrogen-bond acceptors (Lipinski definition) is 4. The van der Waals surface area contributed by atoms with Crippen LogP contribution in [0, 0.1) is 0 Å². The molecule has 3 N–H and O–H groups in total. The van der Waals surface area contributed by atoms with Crippen molar-refractivity contribution in [1.82, 2.24) is 10.3 Å². The highest BCUT2D eigenvalue weighted by Crippen LogP contribution is 2.30. The molecule has 19 heavy (non-hydrogen) atoms. The van der Waals surface area contributed by atoms with E-state index in [1.807, 2.05) is 6.07 Å². The van der Waals surface area contributed by atoms with Crippen molar-refractivity contribution < 1.29 is 19.8 Å². The fourth-order valence-corrected chi connectivity index (χ4v) is 2.07. The highest BCUT2D eigenvalue weighted by atomic mass is 16.4. The summed E-state index contributed by atoms with van der Waals surface area (Å²) in [5.74, 6) is -2.11. The van der Waals surface area contributed by atoms with E-state index in [9.17, 15) is 14.7 Å². The number of hydrogen-bond donors (Lipinski definition) is 3. The summed E-state index contributed by atoms with van der Waals surface area (Å²) in [6.07, 6.45) is 3.23. The van der Waals surface area contributed by atoms with Crippen LogP contribution in [0.15, 0.2) is 36.0 Å². The highest BCUT2D eigenvalue weighted by molar-refractivity contribution is 5.91. The van der Waals surface area contributed by atoms with Gasteiger partial charge in [0.25, 0.3) is 0 Å². The van der Waals surface area contributed by atoms with Gasteiger partial charge in [-0.2, -0.15) is 0 Å². The fraction of sp³-hybridized carbons (Fsp3) is 0.308. The largest absolute Gasteiger partial charge is 0.480 e. The van der Waals surface area contributed by atoms with E-state index in [1.165, 1.54) is 6.08 Å². The molecule has 2 rings (SSSR count). The van der Waals surface area contributed by atoms with Gasteiger partial charge in [0.1, 0.15) is 5.54 Å². The van der Waals surface area contributed by atoms with E-state index in [0.29, 0.717) is 5.69 Å². The molecule has 100 valence electrons. The molecule has 0 saturated heterocycles. The van der Waals surface area contributed by atoms with Gasteiger partial charge in [0.2, 0.25) is 0 Å². The lowest BCUT2D eigenvalue weighted by Crippen LogP contribution is -2.50. The van der Waals surface area contributed by atoms with Crippen molar-refractivity contribution in [3.05, 3.63) is 41.7 Å². The van der Waals surface area contributed by atoms with Crippen molar-refractivity contribution in [1.29, 1.82) is 0 Å². The minimum atomic E-state index is -1.24. The van der Waals surface area contributed by atoms with Crippen LogP contribution in [-0.4, -0.2) is 32.7 Å². The maximum absolute atomic E-state index is 11.4. The Morgan fingerprint density at radius 1 is 1.37 bits per heavy atom. The van der Waals surface area contributed by atoms with Crippen LogP contribution in [0.2, 0.25) is 0 Å². The Balaban J connectivity index is 2.07. The standard InChI is InChI=1S/C13H14N2O4/c16-11(17)9-4-5-13(7-9,12(18)19)15-8-10-3-1-2-6-14-10/h1-4,6,15H,5,7-8H2,(H,16,17)(H,18,19)/t13-/m0/s1. The van der Waals surface area contributed by atoms with Crippen LogP contribution in [0.4, 0.5) is 0 Å². The number of aromatic nitrogens is 1. The van der Waals surface area contributed by atoms with E-state index in [0.717, 1.165) is 0 Å². The number of pyridine rings is 1. The quantitative estimate of drug-likeness (QED) is 0.725. The fourth-order valence-electron chi connectivity index (χ4n) is 2.07. The van der Waals surface area contributed by atoms with Gasteiger partial charge in [-0.1, -0.05) is 12.1 Å². The van der Waals surface area contributed by atoms with Crippen LogP contribution in [0.1, 0.15) is 18.5 Å². The Labute approximate surface area is 109 Å². The third-order valence-corrected chi connectivity index (χ3v) is 3.21. The minimum Gasteiger partial charge on any atom is -0.480 e. The molecule has 0 bridgehead atoms. The van der Waals surface area contributed by atoms with Gasteiger partial charge in [-0.05, 0) is 18.6 Å². The summed E-state index contributed by atoms with van der Waals surface area (Å²) in [6, 6.07) is 5.37. The number of carbonyl (C=O) groups is 2. The number of carboxylic acid groups (broad SMARTS) is 2. The van der Waals surface area contributed by atoms with Gasteiger partial charge in [-0.25, -0.2) is 4.79 Å². The number of aliphatic carboxylic acids is 2. The van der Waals surface area contributed by atoms with Gasteiger partial charge in [-0.3, -0.25) is 15.1 Å². The molecule has 0 radical (unpaired) electrons. The van der Waals surface area contributed by atoms with Crippen LogP contribution >= 0.6 is 0 Å². The topological polar surface area (TPSA) is 99.5 Å². The molecule has 0 spiro atoms. The van der Waals surface area contributed by atoms with Crippen LogP contribution < -0.4 is 5.32 Å². The second kappa shape index (κ2) is 5.19. The lowest BCUT2D eigenvalue weighted by atomic mass is 9.95. The van der Waals surface area contributed by atoms with Crippen LogP contribution in [0.5, 0.6) is 0 Å². The van der Waals surface area contributed by atoms with Crippen molar-refractivity contribution in [2.24, 2.45) is 0 Å². The summed E-state index contributed by atoms with van der Waals surface area (Å²) in [6.45, 7) is 0.286. The average molecular weight is 262 g/mol. The Morgan fingerprint density at radius 3 is 2.68 bits per heavy atom. The smallest absolute Gasteiger partial charge is 0.331 e. The molecule has 0 aliphatic heterocycles.